The van der Waals surface area contributed by atoms with Crippen LogP contribution in [0.1, 0.15) is 0 Å². The Morgan fingerprint density at radius 2 is 1.11 bits per heavy atom. The van der Waals surface area contributed by atoms with Gasteiger partial charge in [0.25, 0.3) is 0 Å². The lowest BCUT2D eigenvalue weighted by atomic mass is 10.3. The fourth-order valence-electron chi connectivity index (χ4n) is 1.32. The molecule has 2 rings (SSSR count). The van der Waals surface area contributed by atoms with Gasteiger partial charge in [-0.15, -0.1) is 0 Å². The minimum absolute atomic E-state index is 0.720. The molecule has 0 aromatic heterocycles. The molecule has 7 heteroatoms. The average Bonchev–Trinajstić information content (AvgIpc) is 2.29. The van der Waals surface area contributed by atoms with E-state index in [0.29, 0.717) is 0 Å². The smallest absolute Gasteiger partial charge is 0.155 e. The van der Waals surface area contributed by atoms with Crippen LogP contribution in [0, 0.1) is 0 Å². The van der Waals surface area contributed by atoms with Gasteiger partial charge in [0.15, 0.2) is 5.75 Å². The molecular weight excluding hydrogens is 646 g/mol. The highest BCUT2D eigenvalue weighted by molar-refractivity contribution is 9.13. The summed E-state index contributed by atoms with van der Waals surface area (Å²) < 4.78 is 11.4. The van der Waals surface area contributed by atoms with E-state index in [1.807, 2.05) is 24.3 Å². The molecule has 0 bridgehead atoms. The van der Waals surface area contributed by atoms with Crippen molar-refractivity contribution in [2.24, 2.45) is 0 Å². The minimum Gasteiger partial charge on any atom is -0.454 e. The van der Waals surface area contributed by atoms with E-state index in [4.69, 9.17) is 4.74 Å². The van der Waals surface area contributed by atoms with E-state index in [9.17, 15) is 0 Å². The summed E-state index contributed by atoms with van der Waals surface area (Å²) in [5.74, 6) is 1.44. The summed E-state index contributed by atoms with van der Waals surface area (Å²) in [6, 6.07) is 7.69. The van der Waals surface area contributed by atoms with Gasteiger partial charge >= 0.3 is 0 Å². The lowest BCUT2D eigenvalue weighted by molar-refractivity contribution is 0.473. The van der Waals surface area contributed by atoms with Gasteiger partial charge in [0.1, 0.15) is 5.75 Å². The molecule has 0 aliphatic heterocycles. The number of ether oxygens (including phenoxy) is 1. The molecule has 0 saturated carbocycles. The van der Waals surface area contributed by atoms with Gasteiger partial charge in [0, 0.05) is 13.4 Å². The Bertz CT molecular complexity index is 617. The van der Waals surface area contributed by atoms with Crippen molar-refractivity contribution in [3.63, 3.8) is 0 Å². The van der Waals surface area contributed by atoms with Crippen LogP contribution in [-0.2, 0) is 0 Å². The van der Waals surface area contributed by atoms with Crippen LogP contribution >= 0.6 is 95.6 Å². The molecule has 2 aromatic rings. The van der Waals surface area contributed by atoms with Gasteiger partial charge in [0.05, 0.1) is 13.4 Å². The molecule has 0 heterocycles. The van der Waals surface area contributed by atoms with Crippen molar-refractivity contribution < 1.29 is 4.74 Å². The van der Waals surface area contributed by atoms with Crippen LogP contribution in [0.5, 0.6) is 11.5 Å². The molecule has 0 atom stereocenters. The molecule has 0 saturated heterocycles. The number of hydrogen-bond acceptors (Lipinski definition) is 1. The quantitative estimate of drug-likeness (QED) is 0.300. The number of rotatable bonds is 2. The molecule has 0 aliphatic carbocycles. The maximum Gasteiger partial charge on any atom is 0.155 e. The number of benzene rings is 2. The zero-order chi connectivity index (χ0) is 14.2. The second kappa shape index (κ2) is 6.92. The average molecular weight is 650 g/mol. The van der Waals surface area contributed by atoms with Gasteiger partial charge in [-0.3, -0.25) is 0 Å². The highest BCUT2D eigenvalue weighted by atomic mass is 79.9. The van der Waals surface area contributed by atoms with E-state index in [2.05, 4.69) is 95.6 Å². The minimum atomic E-state index is 0.720. The van der Waals surface area contributed by atoms with E-state index in [1.54, 1.807) is 0 Å². The fourth-order valence-corrected chi connectivity index (χ4v) is 5.14. The largest absolute Gasteiger partial charge is 0.454 e. The van der Waals surface area contributed by atoms with Crippen LogP contribution < -0.4 is 4.74 Å². The van der Waals surface area contributed by atoms with E-state index < -0.39 is 0 Å². The van der Waals surface area contributed by atoms with Crippen LogP contribution in [0.3, 0.4) is 0 Å². The summed E-state index contributed by atoms with van der Waals surface area (Å²) in [5, 5.41) is 0. The summed E-state index contributed by atoms with van der Waals surface area (Å²) in [5.41, 5.74) is 0. The van der Waals surface area contributed by atoms with Crippen molar-refractivity contribution in [2.45, 2.75) is 0 Å². The molecule has 1 nitrogen and oxygen atoms in total. The Balaban J connectivity index is 2.45. The summed E-state index contributed by atoms with van der Waals surface area (Å²) >= 11 is 20.8. The molecule has 0 spiro atoms. The van der Waals surface area contributed by atoms with Crippen molar-refractivity contribution in [3.05, 3.63) is 51.1 Å². The first-order chi connectivity index (χ1) is 8.88. The molecule has 0 N–H and O–H groups in total. The monoisotopic (exact) mass is 644 g/mol. The maximum atomic E-state index is 5.95. The molecule has 100 valence electrons. The van der Waals surface area contributed by atoms with Crippen molar-refractivity contribution in [1.29, 1.82) is 0 Å². The Labute approximate surface area is 161 Å². The molecule has 19 heavy (non-hydrogen) atoms. The van der Waals surface area contributed by atoms with Crippen LogP contribution in [0.15, 0.2) is 51.1 Å². The molecule has 0 radical (unpaired) electrons. The molecule has 0 unspecified atom stereocenters. The predicted molar refractivity (Wildman–Crippen MR) is 99.2 cm³/mol. The van der Waals surface area contributed by atoms with Gasteiger partial charge in [-0.25, -0.2) is 0 Å². The van der Waals surface area contributed by atoms with E-state index in [1.165, 1.54) is 0 Å². The van der Waals surface area contributed by atoms with Crippen molar-refractivity contribution in [3.8, 4) is 11.5 Å². The molecular formula is C12H4Br6O. The third kappa shape index (κ3) is 4.07. The summed E-state index contributed by atoms with van der Waals surface area (Å²) in [7, 11) is 0. The second-order valence-electron chi connectivity index (χ2n) is 3.50. The Morgan fingerprint density at radius 1 is 0.579 bits per heavy atom. The summed E-state index contributed by atoms with van der Waals surface area (Å²) in [6.07, 6.45) is 0. The van der Waals surface area contributed by atoms with Crippen LogP contribution in [0.25, 0.3) is 0 Å². The van der Waals surface area contributed by atoms with Gasteiger partial charge in [0.2, 0.25) is 0 Å². The van der Waals surface area contributed by atoms with Crippen LogP contribution in [0.2, 0.25) is 0 Å². The number of hydrogen-bond donors (Lipinski definition) is 0. The SMILES string of the molecule is Brc1cc(Br)c(O[13c]2[13c](Br)[13cH][13c](Br)[13cH][13c]2Br)cc1Br. The highest BCUT2D eigenvalue weighted by Crippen LogP contribution is 2.42. The third-order valence-electron chi connectivity index (χ3n) is 2.15. The van der Waals surface area contributed by atoms with E-state index >= 15 is 0 Å². The Morgan fingerprint density at radius 3 is 1.68 bits per heavy atom. The maximum absolute atomic E-state index is 5.95. The summed E-state index contributed by atoms with van der Waals surface area (Å²) in [4.78, 5) is 0. The van der Waals surface area contributed by atoms with Crippen molar-refractivity contribution >= 4 is 95.6 Å². The van der Waals surface area contributed by atoms with Crippen LogP contribution in [0.4, 0.5) is 0 Å². The first kappa shape index (κ1) is 16.5. The van der Waals surface area contributed by atoms with E-state index in [0.717, 1.165) is 38.3 Å². The molecule has 0 amide bonds. The molecule has 0 fully saturated rings. The molecule has 0 aliphatic rings. The lowest BCUT2D eigenvalue weighted by Crippen LogP contribution is -1.89. The zero-order valence-electron chi connectivity index (χ0n) is 8.99. The Kier molecular flexibility index (Phi) is 6.01. The number of halogens is 6. The van der Waals surface area contributed by atoms with E-state index in [-0.39, 0.29) is 0 Å². The fraction of sp³-hybridized carbons (Fsp3) is 0. The second-order valence-corrected chi connectivity index (χ2v) is 8.68. The van der Waals surface area contributed by atoms with Gasteiger partial charge in [-0.1, -0.05) is 15.9 Å². The lowest BCUT2D eigenvalue weighted by Gasteiger charge is -2.13. The van der Waals surface area contributed by atoms with Crippen molar-refractivity contribution in [1.82, 2.24) is 0 Å². The highest BCUT2D eigenvalue weighted by Gasteiger charge is 2.13. The predicted octanol–water partition coefficient (Wildman–Crippen LogP) is 8.05. The summed E-state index contributed by atoms with van der Waals surface area (Å²) in [6.45, 7) is 0. The third-order valence-corrected chi connectivity index (χ3v) is 6.25. The normalized spacial score (nSPS) is 10.6. The topological polar surface area (TPSA) is 9.23 Å². The standard InChI is InChI=1S/C12H4Br6O/c13-5-1-9(17)12(10(18)2-5)19-11-4-7(15)6(14)3-8(11)16/h1-4H/i1+1,2+1,5+1,9+1,10+1,12+1. The van der Waals surface area contributed by atoms with Crippen molar-refractivity contribution in [2.75, 3.05) is 0 Å². The first-order valence-electron chi connectivity index (χ1n) is 4.85. The van der Waals surface area contributed by atoms with Gasteiger partial charge in [-0.2, -0.15) is 0 Å². The zero-order valence-corrected chi connectivity index (χ0v) is 18.5. The molecule has 2 aromatic carbocycles. The Hall–Kier alpha value is 1.12. The van der Waals surface area contributed by atoms with Crippen LogP contribution in [-0.4, -0.2) is 0 Å². The van der Waals surface area contributed by atoms with Gasteiger partial charge < -0.3 is 4.74 Å². The first-order valence-corrected chi connectivity index (χ1v) is 9.61. The van der Waals surface area contributed by atoms with Gasteiger partial charge in [-0.05, 0) is 104 Å².